The highest BCUT2D eigenvalue weighted by molar-refractivity contribution is 6.42. The first-order valence-corrected chi connectivity index (χ1v) is 8.37. The fourth-order valence-electron chi connectivity index (χ4n) is 2.84. The molecular weight excluding hydrogens is 337 g/mol. The Hall–Kier alpha value is -1.30. The maximum atomic E-state index is 12.5. The number of hydrogen-bond acceptors (Lipinski definition) is 3. The highest BCUT2D eigenvalue weighted by atomic mass is 35.5. The molecule has 1 aliphatic rings. The molecule has 126 valence electrons. The topological polar surface area (TPSA) is 75.4 Å². The Bertz CT molecular complexity index is 601. The summed E-state index contributed by atoms with van der Waals surface area (Å²) in [6.45, 7) is -0.0575. The van der Waals surface area contributed by atoms with Gasteiger partial charge in [-0.2, -0.15) is 0 Å². The van der Waals surface area contributed by atoms with Crippen molar-refractivity contribution in [2.24, 2.45) is 5.73 Å². The molecule has 0 radical (unpaired) electrons. The monoisotopic (exact) mass is 357 g/mol. The molecule has 0 unspecified atom stereocenters. The van der Waals surface area contributed by atoms with Gasteiger partial charge in [0.1, 0.15) is 0 Å². The fraction of sp³-hybridized carbons (Fsp3) is 0.500. The number of rotatable bonds is 4. The molecular formula is C16H21Cl2N3O2. The Labute approximate surface area is 146 Å². The first kappa shape index (κ1) is 18.0. The summed E-state index contributed by atoms with van der Waals surface area (Å²) in [4.78, 5) is 26.0. The number of likely N-dealkylation sites (N-methyl/N-ethyl adjacent to an activating group) is 1. The van der Waals surface area contributed by atoms with Crippen molar-refractivity contribution in [1.29, 1.82) is 0 Å². The van der Waals surface area contributed by atoms with Gasteiger partial charge in [-0.15, -0.1) is 0 Å². The minimum atomic E-state index is -0.836. The van der Waals surface area contributed by atoms with Crippen LogP contribution in [0.1, 0.15) is 32.1 Å². The quantitative estimate of drug-likeness (QED) is 0.869. The van der Waals surface area contributed by atoms with E-state index in [0.29, 0.717) is 28.6 Å². The number of hydrogen-bond donors (Lipinski definition) is 2. The first-order chi connectivity index (χ1) is 10.8. The Morgan fingerprint density at radius 3 is 2.48 bits per heavy atom. The number of anilines is 1. The van der Waals surface area contributed by atoms with E-state index in [4.69, 9.17) is 28.9 Å². The molecule has 5 nitrogen and oxygen atoms in total. The smallest absolute Gasteiger partial charge is 0.243 e. The molecule has 2 rings (SSSR count). The second-order valence-corrected chi connectivity index (χ2v) is 6.87. The van der Waals surface area contributed by atoms with E-state index in [-0.39, 0.29) is 18.4 Å². The van der Waals surface area contributed by atoms with Gasteiger partial charge in [0.2, 0.25) is 11.8 Å². The minimum absolute atomic E-state index is 0.0575. The van der Waals surface area contributed by atoms with Crippen molar-refractivity contribution in [1.82, 2.24) is 4.90 Å². The van der Waals surface area contributed by atoms with E-state index in [9.17, 15) is 9.59 Å². The van der Waals surface area contributed by atoms with Crippen LogP contribution in [0.4, 0.5) is 5.69 Å². The lowest BCUT2D eigenvalue weighted by Crippen LogP contribution is -2.56. The molecule has 0 aliphatic heterocycles. The lowest BCUT2D eigenvalue weighted by Gasteiger charge is -2.35. The Morgan fingerprint density at radius 2 is 1.87 bits per heavy atom. The number of halogens is 2. The molecule has 0 atom stereocenters. The number of nitrogens with two attached hydrogens (primary N) is 1. The van der Waals surface area contributed by atoms with Gasteiger partial charge >= 0.3 is 0 Å². The summed E-state index contributed by atoms with van der Waals surface area (Å²) in [5.74, 6) is -0.486. The van der Waals surface area contributed by atoms with Crippen molar-refractivity contribution in [3.05, 3.63) is 28.2 Å². The number of amides is 2. The minimum Gasteiger partial charge on any atom is -0.335 e. The first-order valence-electron chi connectivity index (χ1n) is 7.61. The number of benzene rings is 1. The van der Waals surface area contributed by atoms with E-state index in [1.54, 1.807) is 25.2 Å². The van der Waals surface area contributed by atoms with E-state index in [1.165, 1.54) is 4.90 Å². The van der Waals surface area contributed by atoms with Gasteiger partial charge in [-0.25, -0.2) is 0 Å². The molecule has 1 aromatic carbocycles. The van der Waals surface area contributed by atoms with E-state index in [2.05, 4.69) is 5.32 Å². The number of nitrogens with zero attached hydrogens (tertiary/aromatic N) is 1. The second-order valence-electron chi connectivity index (χ2n) is 6.06. The van der Waals surface area contributed by atoms with Gasteiger partial charge in [-0.1, -0.05) is 42.5 Å². The van der Waals surface area contributed by atoms with Gasteiger partial charge in [0.25, 0.3) is 0 Å². The average molecular weight is 358 g/mol. The fourth-order valence-corrected chi connectivity index (χ4v) is 3.14. The molecule has 7 heteroatoms. The molecule has 1 saturated carbocycles. The van der Waals surface area contributed by atoms with E-state index >= 15 is 0 Å². The second kappa shape index (κ2) is 7.51. The molecule has 3 N–H and O–H groups in total. The third-order valence-corrected chi connectivity index (χ3v) is 4.84. The van der Waals surface area contributed by atoms with E-state index < -0.39 is 5.54 Å². The zero-order valence-corrected chi connectivity index (χ0v) is 14.6. The predicted octanol–water partition coefficient (Wildman–Crippen LogP) is 3.05. The van der Waals surface area contributed by atoms with Crippen LogP contribution in [0.5, 0.6) is 0 Å². The summed E-state index contributed by atoms with van der Waals surface area (Å²) < 4.78 is 0. The Balaban J connectivity index is 1.93. The molecule has 1 fully saturated rings. The maximum Gasteiger partial charge on any atom is 0.243 e. The lowest BCUT2D eigenvalue weighted by molar-refractivity contribution is -0.139. The lowest BCUT2D eigenvalue weighted by atomic mass is 9.81. The summed E-state index contributed by atoms with van der Waals surface area (Å²) in [7, 11) is 1.60. The average Bonchev–Trinajstić information content (AvgIpc) is 2.50. The van der Waals surface area contributed by atoms with Crippen molar-refractivity contribution in [3.63, 3.8) is 0 Å². The van der Waals surface area contributed by atoms with E-state index in [1.807, 2.05) is 0 Å². The summed E-state index contributed by atoms with van der Waals surface area (Å²) >= 11 is 11.7. The van der Waals surface area contributed by atoms with Gasteiger partial charge in [0, 0.05) is 12.7 Å². The van der Waals surface area contributed by atoms with Crippen molar-refractivity contribution in [2.75, 3.05) is 18.9 Å². The summed E-state index contributed by atoms with van der Waals surface area (Å²) in [5, 5.41) is 3.47. The molecule has 1 aromatic rings. The van der Waals surface area contributed by atoms with Gasteiger partial charge in [-0.3, -0.25) is 9.59 Å². The molecule has 1 aliphatic carbocycles. The van der Waals surface area contributed by atoms with Crippen molar-refractivity contribution in [3.8, 4) is 0 Å². The van der Waals surface area contributed by atoms with Crippen LogP contribution in [0.3, 0.4) is 0 Å². The van der Waals surface area contributed by atoms with Crippen LogP contribution in [0.25, 0.3) is 0 Å². The predicted molar refractivity (Wildman–Crippen MR) is 92.7 cm³/mol. The number of carbonyl (C=O) groups excluding carboxylic acids is 2. The van der Waals surface area contributed by atoms with Crippen molar-refractivity contribution in [2.45, 2.75) is 37.6 Å². The standard InChI is InChI=1S/C16H21Cl2N3O2/c1-21(15(23)16(19)7-3-2-4-8-16)10-14(22)20-11-5-6-12(17)13(18)9-11/h5-6,9H,2-4,7-8,10,19H2,1H3,(H,20,22). The number of nitrogens with one attached hydrogen (secondary N) is 1. The molecule has 0 spiro atoms. The molecule has 2 amide bonds. The normalized spacial score (nSPS) is 16.7. The van der Waals surface area contributed by atoms with E-state index in [0.717, 1.165) is 19.3 Å². The molecule has 0 bridgehead atoms. The van der Waals surface area contributed by atoms with Crippen LogP contribution < -0.4 is 11.1 Å². The van der Waals surface area contributed by atoms with Crippen LogP contribution in [-0.2, 0) is 9.59 Å². The molecule has 0 saturated heterocycles. The zero-order valence-electron chi connectivity index (χ0n) is 13.1. The van der Waals surface area contributed by atoms with Gasteiger partial charge < -0.3 is 16.0 Å². The molecule has 0 heterocycles. The van der Waals surface area contributed by atoms with Crippen molar-refractivity contribution < 1.29 is 9.59 Å². The van der Waals surface area contributed by atoms with Crippen LogP contribution in [-0.4, -0.2) is 35.8 Å². The van der Waals surface area contributed by atoms with Gasteiger partial charge in [-0.05, 0) is 31.0 Å². The third-order valence-electron chi connectivity index (χ3n) is 4.10. The van der Waals surface area contributed by atoms with Crippen LogP contribution >= 0.6 is 23.2 Å². The summed E-state index contributed by atoms with van der Waals surface area (Å²) in [6.07, 6.45) is 4.35. The summed E-state index contributed by atoms with van der Waals surface area (Å²) in [5.41, 5.74) is 5.91. The third kappa shape index (κ3) is 4.59. The van der Waals surface area contributed by atoms with Crippen LogP contribution in [0.15, 0.2) is 18.2 Å². The SMILES string of the molecule is CN(CC(=O)Nc1ccc(Cl)c(Cl)c1)C(=O)C1(N)CCCCC1. The zero-order chi connectivity index (χ0) is 17.0. The largest absolute Gasteiger partial charge is 0.335 e. The van der Waals surface area contributed by atoms with Gasteiger partial charge in [0.05, 0.1) is 22.1 Å². The van der Waals surface area contributed by atoms with Crippen molar-refractivity contribution >= 4 is 40.7 Å². The highest BCUT2D eigenvalue weighted by Crippen LogP contribution is 2.27. The Morgan fingerprint density at radius 1 is 1.22 bits per heavy atom. The molecule has 23 heavy (non-hydrogen) atoms. The van der Waals surface area contributed by atoms with Crippen LogP contribution in [0, 0.1) is 0 Å². The highest BCUT2D eigenvalue weighted by Gasteiger charge is 2.37. The maximum absolute atomic E-state index is 12.5. The van der Waals surface area contributed by atoms with Crippen LogP contribution in [0.2, 0.25) is 10.0 Å². The summed E-state index contributed by atoms with van der Waals surface area (Å²) in [6, 6.07) is 4.82. The number of carbonyl (C=O) groups is 2. The van der Waals surface area contributed by atoms with Gasteiger partial charge in [0.15, 0.2) is 0 Å². The molecule has 0 aromatic heterocycles. The Kier molecular flexibility index (Phi) is 5.89.